The van der Waals surface area contributed by atoms with E-state index in [0.717, 1.165) is 23.2 Å². The third kappa shape index (κ3) is 3.49. The van der Waals surface area contributed by atoms with Crippen LogP contribution in [-0.2, 0) is 0 Å². The van der Waals surface area contributed by atoms with Crippen molar-refractivity contribution in [2.75, 3.05) is 18.4 Å². The third-order valence-corrected chi connectivity index (χ3v) is 4.65. The molecule has 1 aliphatic heterocycles. The maximum atomic E-state index is 10.7. The molecule has 1 saturated heterocycles. The van der Waals surface area contributed by atoms with E-state index in [2.05, 4.69) is 40.4 Å². The van der Waals surface area contributed by atoms with Gasteiger partial charge in [0.05, 0.1) is 4.92 Å². The lowest BCUT2D eigenvalue weighted by molar-refractivity contribution is -0.384. The molecule has 0 radical (unpaired) electrons. The van der Waals surface area contributed by atoms with Crippen LogP contribution in [0.25, 0.3) is 0 Å². The first kappa shape index (κ1) is 15.3. The zero-order valence-electron chi connectivity index (χ0n) is 11.8. The number of hydrogen-bond donors (Lipinski definition) is 2. The quantitative estimate of drug-likeness (QED) is 0.649. The van der Waals surface area contributed by atoms with Crippen molar-refractivity contribution in [1.29, 1.82) is 0 Å². The number of hydrogen-bond acceptors (Lipinski definition) is 4. The fraction of sp³-hybridized carbons (Fsp3) is 0.571. The summed E-state index contributed by atoms with van der Waals surface area (Å²) in [5, 5.41) is 17.6. The van der Waals surface area contributed by atoms with Gasteiger partial charge in [0, 0.05) is 34.9 Å². The van der Waals surface area contributed by atoms with E-state index in [1.807, 2.05) is 0 Å². The molecule has 0 amide bonds. The van der Waals surface area contributed by atoms with Crippen molar-refractivity contribution in [2.24, 2.45) is 5.41 Å². The highest BCUT2D eigenvalue weighted by Crippen LogP contribution is 2.31. The Morgan fingerprint density at radius 3 is 2.90 bits per heavy atom. The standard InChI is InChI=1S/C14H20BrN3O2/c1-14(2)6-3-7-16-13(14)9-17-12-5-4-10(18(19)20)8-11(12)15/h4-5,8,13,16-17H,3,6-7,9H2,1-2H3. The van der Waals surface area contributed by atoms with Crippen molar-refractivity contribution in [3.63, 3.8) is 0 Å². The molecular formula is C14H20BrN3O2. The minimum absolute atomic E-state index is 0.0959. The van der Waals surface area contributed by atoms with E-state index >= 15 is 0 Å². The summed E-state index contributed by atoms with van der Waals surface area (Å²) in [4.78, 5) is 10.3. The van der Waals surface area contributed by atoms with Crippen LogP contribution < -0.4 is 10.6 Å². The van der Waals surface area contributed by atoms with Gasteiger partial charge in [-0.2, -0.15) is 0 Å². The molecule has 0 aromatic heterocycles. The van der Waals surface area contributed by atoms with Gasteiger partial charge in [-0.05, 0) is 46.8 Å². The molecule has 6 heteroatoms. The van der Waals surface area contributed by atoms with Gasteiger partial charge in [-0.25, -0.2) is 0 Å². The first-order chi connectivity index (χ1) is 9.40. The number of nitro benzene ring substituents is 1. The van der Waals surface area contributed by atoms with E-state index in [1.54, 1.807) is 6.07 Å². The van der Waals surface area contributed by atoms with E-state index in [9.17, 15) is 10.1 Å². The van der Waals surface area contributed by atoms with Crippen molar-refractivity contribution < 1.29 is 4.92 Å². The van der Waals surface area contributed by atoms with Gasteiger partial charge in [-0.1, -0.05) is 13.8 Å². The fourth-order valence-electron chi connectivity index (χ4n) is 2.59. The summed E-state index contributed by atoms with van der Waals surface area (Å²) < 4.78 is 0.723. The number of non-ortho nitro benzene ring substituents is 1. The number of nitrogens with one attached hydrogen (secondary N) is 2. The van der Waals surface area contributed by atoms with Crippen LogP contribution in [0.4, 0.5) is 11.4 Å². The van der Waals surface area contributed by atoms with E-state index < -0.39 is 0 Å². The van der Waals surface area contributed by atoms with Crippen LogP contribution >= 0.6 is 15.9 Å². The number of rotatable bonds is 4. The lowest BCUT2D eigenvalue weighted by atomic mass is 9.77. The van der Waals surface area contributed by atoms with Crippen molar-refractivity contribution in [1.82, 2.24) is 5.32 Å². The van der Waals surface area contributed by atoms with Crippen LogP contribution in [0.5, 0.6) is 0 Å². The average Bonchev–Trinajstić information content (AvgIpc) is 2.38. The minimum atomic E-state index is -0.389. The lowest BCUT2D eigenvalue weighted by Gasteiger charge is -2.39. The molecule has 2 N–H and O–H groups in total. The number of benzene rings is 1. The van der Waals surface area contributed by atoms with Gasteiger partial charge in [0.1, 0.15) is 0 Å². The summed E-state index contributed by atoms with van der Waals surface area (Å²) in [7, 11) is 0. The van der Waals surface area contributed by atoms with Gasteiger partial charge >= 0.3 is 0 Å². The Kier molecular flexibility index (Phi) is 4.65. The number of nitrogens with zero attached hydrogens (tertiary/aromatic N) is 1. The largest absolute Gasteiger partial charge is 0.383 e. The molecular weight excluding hydrogens is 322 g/mol. The zero-order chi connectivity index (χ0) is 14.8. The van der Waals surface area contributed by atoms with Crippen molar-refractivity contribution in [3.05, 3.63) is 32.8 Å². The van der Waals surface area contributed by atoms with Gasteiger partial charge in [0.25, 0.3) is 5.69 Å². The number of piperidine rings is 1. The maximum Gasteiger partial charge on any atom is 0.270 e. The van der Waals surface area contributed by atoms with Crippen LogP contribution in [0.1, 0.15) is 26.7 Å². The van der Waals surface area contributed by atoms with Crippen LogP contribution in [0.2, 0.25) is 0 Å². The van der Waals surface area contributed by atoms with Crippen LogP contribution in [0, 0.1) is 15.5 Å². The number of anilines is 1. The Morgan fingerprint density at radius 1 is 1.55 bits per heavy atom. The second-order valence-electron chi connectivity index (χ2n) is 5.90. The summed E-state index contributed by atoms with van der Waals surface area (Å²) in [6.07, 6.45) is 2.43. The summed E-state index contributed by atoms with van der Waals surface area (Å²) in [6, 6.07) is 5.20. The molecule has 1 aromatic carbocycles. The van der Waals surface area contributed by atoms with Crippen molar-refractivity contribution >= 4 is 27.3 Å². The molecule has 0 aliphatic carbocycles. The lowest BCUT2D eigenvalue weighted by Crippen LogP contribution is -2.50. The molecule has 5 nitrogen and oxygen atoms in total. The zero-order valence-corrected chi connectivity index (χ0v) is 13.4. The third-order valence-electron chi connectivity index (χ3n) is 3.99. The monoisotopic (exact) mass is 341 g/mol. The molecule has 20 heavy (non-hydrogen) atoms. The van der Waals surface area contributed by atoms with Gasteiger partial charge in [0.2, 0.25) is 0 Å². The Labute approximate surface area is 127 Å². The highest BCUT2D eigenvalue weighted by molar-refractivity contribution is 9.10. The molecule has 1 unspecified atom stereocenters. The molecule has 1 aromatic rings. The first-order valence-corrected chi connectivity index (χ1v) is 7.61. The maximum absolute atomic E-state index is 10.7. The van der Waals surface area contributed by atoms with E-state index in [4.69, 9.17) is 0 Å². The molecule has 1 heterocycles. The second-order valence-corrected chi connectivity index (χ2v) is 6.76. The van der Waals surface area contributed by atoms with E-state index in [1.165, 1.54) is 25.0 Å². The minimum Gasteiger partial charge on any atom is -0.383 e. The molecule has 110 valence electrons. The predicted octanol–water partition coefficient (Wildman–Crippen LogP) is 3.55. The topological polar surface area (TPSA) is 67.2 Å². The molecule has 0 spiro atoms. The number of halogens is 1. The molecule has 0 saturated carbocycles. The van der Waals surface area contributed by atoms with Gasteiger partial charge in [-0.3, -0.25) is 10.1 Å². The highest BCUT2D eigenvalue weighted by Gasteiger charge is 2.31. The normalized spacial score (nSPS) is 21.4. The Bertz CT molecular complexity index is 505. The second kappa shape index (κ2) is 6.10. The van der Waals surface area contributed by atoms with Crippen LogP contribution in [0.15, 0.2) is 22.7 Å². The fourth-order valence-corrected chi connectivity index (χ4v) is 3.10. The molecule has 1 fully saturated rings. The SMILES string of the molecule is CC1(C)CCCNC1CNc1ccc([N+](=O)[O-])cc1Br. The highest BCUT2D eigenvalue weighted by atomic mass is 79.9. The average molecular weight is 342 g/mol. The molecule has 1 aliphatic rings. The van der Waals surface area contributed by atoms with E-state index in [0.29, 0.717) is 6.04 Å². The molecule has 1 atom stereocenters. The Hall–Kier alpha value is -1.14. The van der Waals surface area contributed by atoms with Crippen LogP contribution in [0.3, 0.4) is 0 Å². The van der Waals surface area contributed by atoms with Gasteiger partial charge in [0.15, 0.2) is 0 Å². The summed E-state index contributed by atoms with van der Waals surface area (Å²) >= 11 is 3.38. The predicted molar refractivity (Wildman–Crippen MR) is 84.1 cm³/mol. The van der Waals surface area contributed by atoms with E-state index in [-0.39, 0.29) is 16.0 Å². The van der Waals surface area contributed by atoms with Crippen molar-refractivity contribution in [3.8, 4) is 0 Å². The summed E-state index contributed by atoms with van der Waals surface area (Å²) in [6.45, 7) is 6.41. The molecule has 2 rings (SSSR count). The van der Waals surface area contributed by atoms with Crippen LogP contribution in [-0.4, -0.2) is 24.1 Å². The van der Waals surface area contributed by atoms with Crippen molar-refractivity contribution in [2.45, 2.75) is 32.7 Å². The first-order valence-electron chi connectivity index (χ1n) is 6.81. The summed E-state index contributed by atoms with van der Waals surface area (Å²) in [5.41, 5.74) is 1.25. The molecule has 0 bridgehead atoms. The number of nitro groups is 1. The Morgan fingerprint density at radius 2 is 2.30 bits per heavy atom. The Balaban J connectivity index is 2.02. The summed E-state index contributed by atoms with van der Waals surface area (Å²) in [5.74, 6) is 0. The smallest absolute Gasteiger partial charge is 0.270 e. The van der Waals surface area contributed by atoms with Gasteiger partial charge in [-0.15, -0.1) is 0 Å². The van der Waals surface area contributed by atoms with Gasteiger partial charge < -0.3 is 10.6 Å².